The fourth-order valence-electron chi connectivity index (χ4n) is 2.54. The highest BCUT2D eigenvalue weighted by Crippen LogP contribution is 2.42. The van der Waals surface area contributed by atoms with Gasteiger partial charge in [0, 0.05) is 29.5 Å². The quantitative estimate of drug-likeness (QED) is 0.841. The maximum atomic E-state index is 5.74. The van der Waals surface area contributed by atoms with Crippen molar-refractivity contribution in [3.63, 3.8) is 0 Å². The summed E-state index contributed by atoms with van der Waals surface area (Å²) in [6, 6.07) is 4.94. The third kappa shape index (κ3) is 2.90. The van der Waals surface area contributed by atoms with Gasteiger partial charge in [0.25, 0.3) is 0 Å². The third-order valence-corrected chi connectivity index (χ3v) is 4.82. The van der Waals surface area contributed by atoms with E-state index < -0.39 is 0 Å². The molecule has 0 aromatic carbocycles. The van der Waals surface area contributed by atoms with Crippen molar-refractivity contribution >= 4 is 11.3 Å². The van der Waals surface area contributed by atoms with Crippen molar-refractivity contribution in [2.75, 3.05) is 13.2 Å². The first-order valence-corrected chi connectivity index (χ1v) is 7.40. The molecule has 2 rings (SSSR count). The molecule has 0 spiro atoms. The molecule has 1 heterocycles. The molecule has 2 nitrogen and oxygen atoms in total. The number of hydrogen-bond donors (Lipinski definition) is 1. The zero-order valence-corrected chi connectivity index (χ0v) is 11.8. The second-order valence-corrected chi connectivity index (χ2v) is 6.37. The van der Waals surface area contributed by atoms with E-state index in [0.29, 0.717) is 12.1 Å². The molecule has 1 N–H and O–H groups in total. The Morgan fingerprint density at radius 2 is 2.35 bits per heavy atom. The number of thiophene rings is 1. The lowest BCUT2D eigenvalue weighted by Gasteiger charge is -2.52. The summed E-state index contributed by atoms with van der Waals surface area (Å²) in [5, 5.41) is 5.81. The minimum Gasteiger partial charge on any atom is -0.378 e. The zero-order valence-electron chi connectivity index (χ0n) is 11.0. The molecule has 1 aliphatic carbocycles. The Labute approximate surface area is 108 Å². The molecule has 1 fully saturated rings. The average Bonchev–Trinajstić information content (AvgIpc) is 2.80. The lowest BCUT2D eigenvalue weighted by Crippen LogP contribution is -2.61. The van der Waals surface area contributed by atoms with Crippen molar-refractivity contribution in [3.05, 3.63) is 22.4 Å². The van der Waals surface area contributed by atoms with Gasteiger partial charge in [-0.05, 0) is 31.2 Å². The first-order valence-electron chi connectivity index (χ1n) is 6.52. The fraction of sp³-hybridized carbons (Fsp3) is 0.714. The van der Waals surface area contributed by atoms with Crippen LogP contribution in [0.2, 0.25) is 0 Å². The summed E-state index contributed by atoms with van der Waals surface area (Å²) in [4.78, 5) is 1.47. The van der Waals surface area contributed by atoms with Gasteiger partial charge in [0.15, 0.2) is 0 Å². The van der Waals surface area contributed by atoms with Gasteiger partial charge in [-0.15, -0.1) is 11.3 Å². The van der Waals surface area contributed by atoms with Crippen LogP contribution in [0.3, 0.4) is 0 Å². The third-order valence-electron chi connectivity index (χ3n) is 3.89. The second kappa shape index (κ2) is 5.51. The maximum absolute atomic E-state index is 5.74. The molecular formula is C14H23NOS. The Kier molecular flexibility index (Phi) is 4.23. The van der Waals surface area contributed by atoms with E-state index in [1.54, 1.807) is 0 Å². The zero-order chi connectivity index (χ0) is 12.3. The predicted molar refractivity (Wildman–Crippen MR) is 73.6 cm³/mol. The summed E-state index contributed by atoms with van der Waals surface area (Å²) in [6.07, 6.45) is 2.74. The van der Waals surface area contributed by atoms with Crippen LogP contribution in [0, 0.1) is 5.41 Å². The van der Waals surface area contributed by atoms with Gasteiger partial charge in [-0.25, -0.2) is 0 Å². The van der Waals surface area contributed by atoms with E-state index >= 15 is 0 Å². The van der Waals surface area contributed by atoms with E-state index in [2.05, 4.69) is 43.6 Å². The molecule has 2 unspecified atom stereocenters. The molecule has 96 valence electrons. The summed E-state index contributed by atoms with van der Waals surface area (Å²) in [6.45, 7) is 8.59. The summed E-state index contributed by atoms with van der Waals surface area (Å²) >= 11 is 1.84. The van der Waals surface area contributed by atoms with Crippen LogP contribution >= 0.6 is 11.3 Å². The highest BCUT2D eigenvalue weighted by Gasteiger charge is 2.48. The van der Waals surface area contributed by atoms with Gasteiger partial charge in [-0.1, -0.05) is 19.9 Å². The number of ether oxygens (including phenoxy) is 1. The molecule has 0 bridgehead atoms. The van der Waals surface area contributed by atoms with E-state index in [4.69, 9.17) is 4.74 Å². The van der Waals surface area contributed by atoms with Gasteiger partial charge in [-0.3, -0.25) is 0 Å². The van der Waals surface area contributed by atoms with Gasteiger partial charge >= 0.3 is 0 Å². The smallest absolute Gasteiger partial charge is 0.0655 e. The van der Waals surface area contributed by atoms with E-state index in [-0.39, 0.29) is 5.41 Å². The Balaban J connectivity index is 1.71. The van der Waals surface area contributed by atoms with Crippen LogP contribution in [-0.4, -0.2) is 25.3 Å². The standard InChI is InChI=1S/C14H23NOS/c1-4-16-13-10-12(14(13,2)3)15-8-7-11-6-5-9-17-11/h5-6,9,12-13,15H,4,7-8,10H2,1-3H3. The summed E-state index contributed by atoms with van der Waals surface area (Å²) in [7, 11) is 0. The van der Waals surface area contributed by atoms with Gasteiger partial charge < -0.3 is 10.1 Å². The minimum atomic E-state index is 0.283. The van der Waals surface area contributed by atoms with Crippen LogP contribution in [0.5, 0.6) is 0 Å². The summed E-state index contributed by atoms with van der Waals surface area (Å²) in [5.41, 5.74) is 0.283. The van der Waals surface area contributed by atoms with E-state index in [0.717, 1.165) is 26.0 Å². The Bertz CT molecular complexity index is 334. The maximum Gasteiger partial charge on any atom is 0.0655 e. The van der Waals surface area contributed by atoms with Crippen molar-refractivity contribution in [1.29, 1.82) is 0 Å². The molecule has 2 atom stereocenters. The Morgan fingerprint density at radius 1 is 1.53 bits per heavy atom. The van der Waals surface area contributed by atoms with Gasteiger partial charge in [0.1, 0.15) is 0 Å². The van der Waals surface area contributed by atoms with E-state index in [1.807, 2.05) is 11.3 Å². The van der Waals surface area contributed by atoms with Crippen LogP contribution in [0.1, 0.15) is 32.1 Å². The topological polar surface area (TPSA) is 21.3 Å². The Hall–Kier alpha value is -0.380. The van der Waals surface area contributed by atoms with E-state index in [1.165, 1.54) is 4.88 Å². The molecule has 17 heavy (non-hydrogen) atoms. The predicted octanol–water partition coefficient (Wildman–Crippen LogP) is 3.08. The van der Waals surface area contributed by atoms with E-state index in [9.17, 15) is 0 Å². The molecule has 1 aliphatic rings. The highest BCUT2D eigenvalue weighted by molar-refractivity contribution is 7.09. The van der Waals surface area contributed by atoms with Crippen LogP contribution < -0.4 is 5.32 Å². The molecule has 1 aromatic heterocycles. The fourth-order valence-corrected chi connectivity index (χ4v) is 3.25. The van der Waals surface area contributed by atoms with Crippen molar-refractivity contribution < 1.29 is 4.74 Å². The lowest BCUT2D eigenvalue weighted by atomic mass is 9.64. The van der Waals surface area contributed by atoms with Crippen LogP contribution in [0.15, 0.2) is 17.5 Å². The SMILES string of the molecule is CCOC1CC(NCCc2cccs2)C1(C)C. The molecule has 3 heteroatoms. The second-order valence-electron chi connectivity index (χ2n) is 5.34. The van der Waals surface area contributed by atoms with Crippen molar-refractivity contribution in [3.8, 4) is 0 Å². The molecule has 0 amide bonds. The van der Waals surface area contributed by atoms with Gasteiger partial charge in [-0.2, -0.15) is 0 Å². The first kappa shape index (κ1) is 13.1. The molecule has 0 aliphatic heterocycles. The van der Waals surface area contributed by atoms with Crippen molar-refractivity contribution in [1.82, 2.24) is 5.32 Å². The molecule has 1 saturated carbocycles. The number of hydrogen-bond acceptors (Lipinski definition) is 3. The minimum absolute atomic E-state index is 0.283. The molecule has 0 saturated heterocycles. The van der Waals surface area contributed by atoms with Gasteiger partial charge in [0.2, 0.25) is 0 Å². The van der Waals surface area contributed by atoms with Crippen LogP contribution in [-0.2, 0) is 11.2 Å². The average molecular weight is 253 g/mol. The monoisotopic (exact) mass is 253 g/mol. The molecule has 0 radical (unpaired) electrons. The number of nitrogens with one attached hydrogen (secondary N) is 1. The first-order chi connectivity index (χ1) is 8.14. The van der Waals surface area contributed by atoms with Crippen LogP contribution in [0.25, 0.3) is 0 Å². The lowest BCUT2D eigenvalue weighted by molar-refractivity contribution is -0.113. The van der Waals surface area contributed by atoms with Crippen molar-refractivity contribution in [2.45, 2.75) is 45.8 Å². The molecule has 1 aromatic rings. The highest BCUT2D eigenvalue weighted by atomic mass is 32.1. The Morgan fingerprint density at radius 3 is 2.94 bits per heavy atom. The van der Waals surface area contributed by atoms with Gasteiger partial charge in [0.05, 0.1) is 6.10 Å². The molecular weight excluding hydrogens is 230 g/mol. The summed E-state index contributed by atoms with van der Waals surface area (Å²) in [5.74, 6) is 0. The summed E-state index contributed by atoms with van der Waals surface area (Å²) < 4.78 is 5.74. The normalized spacial score (nSPS) is 26.8. The van der Waals surface area contributed by atoms with Crippen molar-refractivity contribution in [2.24, 2.45) is 5.41 Å². The van der Waals surface area contributed by atoms with Crippen LogP contribution in [0.4, 0.5) is 0 Å². The largest absolute Gasteiger partial charge is 0.378 e. The number of rotatable bonds is 6.